The summed E-state index contributed by atoms with van der Waals surface area (Å²) < 4.78 is 1.22. The van der Waals surface area contributed by atoms with E-state index in [0.717, 1.165) is 0 Å². The van der Waals surface area contributed by atoms with Gasteiger partial charge in [0.25, 0.3) is 5.56 Å². The number of rotatable bonds is 4. The van der Waals surface area contributed by atoms with Gasteiger partial charge in [0.05, 0.1) is 6.54 Å². The number of hydrogen-bond acceptors (Lipinski definition) is 6. The van der Waals surface area contributed by atoms with Gasteiger partial charge in [-0.3, -0.25) is 14.9 Å². The predicted molar refractivity (Wildman–Crippen MR) is 65.8 cm³/mol. The van der Waals surface area contributed by atoms with Crippen LogP contribution in [0.15, 0.2) is 10.9 Å². The first-order chi connectivity index (χ1) is 8.47. The zero-order valence-electron chi connectivity index (χ0n) is 9.88. The molecule has 0 amide bonds. The molecule has 0 saturated carbocycles. The first-order valence-electron chi connectivity index (χ1n) is 5.30. The van der Waals surface area contributed by atoms with Crippen molar-refractivity contribution in [3.8, 4) is 0 Å². The minimum Gasteiger partial charge on any atom is -0.480 e. The first kappa shape index (κ1) is 12.7. The van der Waals surface area contributed by atoms with Crippen LogP contribution >= 0.6 is 11.3 Å². The number of carboxylic acids is 1. The third kappa shape index (κ3) is 2.54. The molecule has 2 heterocycles. The lowest BCUT2D eigenvalue weighted by Gasteiger charge is -2.05. The van der Waals surface area contributed by atoms with Crippen LogP contribution in [0.2, 0.25) is 0 Å². The number of hydrogen-bond donors (Lipinski definition) is 2. The molecular formula is C10H12N4O3S. The van der Waals surface area contributed by atoms with Gasteiger partial charge in [-0.1, -0.05) is 11.3 Å². The van der Waals surface area contributed by atoms with Crippen LogP contribution in [0.25, 0.3) is 4.96 Å². The SMILES string of the molecule is Cc1cc(=O)n2nc(CNC(C)C(=O)O)sc2n1. The first-order valence-corrected chi connectivity index (χ1v) is 6.11. The van der Waals surface area contributed by atoms with Crippen molar-refractivity contribution < 1.29 is 9.90 Å². The molecule has 1 atom stereocenters. The Hall–Kier alpha value is -1.80. The monoisotopic (exact) mass is 268 g/mol. The normalized spacial score (nSPS) is 12.8. The van der Waals surface area contributed by atoms with Gasteiger partial charge in [0.2, 0.25) is 4.96 Å². The van der Waals surface area contributed by atoms with Crippen molar-refractivity contribution in [2.45, 2.75) is 26.4 Å². The van der Waals surface area contributed by atoms with E-state index in [4.69, 9.17) is 5.11 Å². The summed E-state index contributed by atoms with van der Waals surface area (Å²) in [5.41, 5.74) is 0.411. The van der Waals surface area contributed by atoms with Gasteiger partial charge in [0.15, 0.2) is 0 Å². The van der Waals surface area contributed by atoms with E-state index in [9.17, 15) is 9.59 Å². The molecule has 0 aliphatic heterocycles. The Bertz CT molecular complexity index is 648. The molecule has 0 saturated heterocycles. The van der Waals surface area contributed by atoms with Crippen LogP contribution < -0.4 is 10.9 Å². The van der Waals surface area contributed by atoms with E-state index in [1.807, 2.05) is 0 Å². The van der Waals surface area contributed by atoms with Gasteiger partial charge in [-0.2, -0.15) is 9.61 Å². The van der Waals surface area contributed by atoms with Crippen LogP contribution in [-0.4, -0.2) is 31.7 Å². The second-order valence-corrected chi connectivity index (χ2v) is 4.91. The Morgan fingerprint density at radius 2 is 2.39 bits per heavy atom. The standard InChI is InChI=1S/C10H12N4O3S/c1-5-3-8(15)14-10(12-5)18-7(13-14)4-11-6(2)9(16)17/h3,6,11H,4H2,1-2H3,(H,16,17). The molecule has 96 valence electrons. The van der Waals surface area contributed by atoms with Crippen molar-refractivity contribution in [3.63, 3.8) is 0 Å². The van der Waals surface area contributed by atoms with Gasteiger partial charge in [-0.25, -0.2) is 4.98 Å². The van der Waals surface area contributed by atoms with E-state index in [1.165, 1.54) is 21.9 Å². The van der Waals surface area contributed by atoms with Crippen LogP contribution in [0.4, 0.5) is 0 Å². The third-order valence-electron chi connectivity index (χ3n) is 2.34. The highest BCUT2D eigenvalue weighted by Gasteiger charge is 2.12. The lowest BCUT2D eigenvalue weighted by Crippen LogP contribution is -2.33. The fourth-order valence-electron chi connectivity index (χ4n) is 1.36. The van der Waals surface area contributed by atoms with Crippen molar-refractivity contribution in [2.24, 2.45) is 0 Å². The summed E-state index contributed by atoms with van der Waals surface area (Å²) in [5.74, 6) is -0.928. The summed E-state index contributed by atoms with van der Waals surface area (Å²) in [6, 6.07) is 0.743. The molecule has 18 heavy (non-hydrogen) atoms. The highest BCUT2D eigenvalue weighted by molar-refractivity contribution is 7.16. The molecule has 7 nitrogen and oxygen atoms in total. The number of aryl methyl sites for hydroxylation is 1. The van der Waals surface area contributed by atoms with Crippen LogP contribution in [0.5, 0.6) is 0 Å². The average molecular weight is 268 g/mol. The molecule has 0 fully saturated rings. The molecule has 0 aliphatic carbocycles. The summed E-state index contributed by atoms with van der Waals surface area (Å²) in [6.45, 7) is 3.58. The van der Waals surface area contributed by atoms with E-state index in [1.54, 1.807) is 13.8 Å². The van der Waals surface area contributed by atoms with E-state index >= 15 is 0 Å². The molecule has 0 aromatic carbocycles. The van der Waals surface area contributed by atoms with Crippen molar-refractivity contribution in [1.29, 1.82) is 0 Å². The fraction of sp³-hybridized carbons (Fsp3) is 0.400. The van der Waals surface area contributed by atoms with Crippen molar-refractivity contribution in [3.05, 3.63) is 27.1 Å². The van der Waals surface area contributed by atoms with Crippen LogP contribution in [-0.2, 0) is 11.3 Å². The smallest absolute Gasteiger partial charge is 0.320 e. The molecule has 0 spiro atoms. The Morgan fingerprint density at radius 3 is 3.06 bits per heavy atom. The lowest BCUT2D eigenvalue weighted by molar-refractivity contribution is -0.139. The van der Waals surface area contributed by atoms with E-state index in [0.29, 0.717) is 22.2 Å². The molecule has 0 bridgehead atoms. The average Bonchev–Trinajstić information content (AvgIpc) is 2.68. The van der Waals surface area contributed by atoms with Gasteiger partial charge >= 0.3 is 5.97 Å². The molecule has 0 aliphatic rings. The predicted octanol–water partition coefficient (Wildman–Crippen LogP) is 0.0221. The molecular weight excluding hydrogens is 256 g/mol. The number of nitrogens with one attached hydrogen (secondary N) is 1. The van der Waals surface area contributed by atoms with Crippen LogP contribution in [0, 0.1) is 6.92 Å². The second-order valence-electron chi connectivity index (χ2n) is 3.87. The minimum absolute atomic E-state index is 0.230. The fourth-order valence-corrected chi connectivity index (χ4v) is 2.25. The topological polar surface area (TPSA) is 96.6 Å². The Labute approximate surface area is 106 Å². The van der Waals surface area contributed by atoms with Crippen molar-refractivity contribution >= 4 is 22.3 Å². The Morgan fingerprint density at radius 1 is 1.67 bits per heavy atom. The van der Waals surface area contributed by atoms with Crippen molar-refractivity contribution in [2.75, 3.05) is 0 Å². The largest absolute Gasteiger partial charge is 0.480 e. The Balaban J connectivity index is 2.23. The van der Waals surface area contributed by atoms with Gasteiger partial charge in [0.1, 0.15) is 11.0 Å². The summed E-state index contributed by atoms with van der Waals surface area (Å²) in [5, 5.41) is 16.2. The number of nitrogens with zero attached hydrogens (tertiary/aromatic N) is 3. The van der Waals surface area contributed by atoms with E-state index < -0.39 is 12.0 Å². The van der Waals surface area contributed by atoms with Gasteiger partial charge < -0.3 is 5.11 Å². The summed E-state index contributed by atoms with van der Waals surface area (Å²) in [7, 11) is 0. The molecule has 2 N–H and O–H groups in total. The Kier molecular flexibility index (Phi) is 3.39. The van der Waals surface area contributed by atoms with Gasteiger partial charge in [-0.05, 0) is 13.8 Å². The van der Waals surface area contributed by atoms with E-state index in [-0.39, 0.29) is 5.56 Å². The molecule has 8 heteroatoms. The molecule has 2 rings (SSSR count). The molecule has 2 aromatic rings. The van der Waals surface area contributed by atoms with E-state index in [2.05, 4.69) is 15.4 Å². The molecule has 2 aromatic heterocycles. The van der Waals surface area contributed by atoms with Gasteiger partial charge in [0, 0.05) is 11.8 Å². The summed E-state index contributed by atoms with van der Waals surface area (Å²) >= 11 is 1.26. The highest BCUT2D eigenvalue weighted by atomic mass is 32.1. The quantitative estimate of drug-likeness (QED) is 0.811. The molecule has 1 unspecified atom stereocenters. The van der Waals surface area contributed by atoms with Crippen LogP contribution in [0.1, 0.15) is 17.6 Å². The zero-order chi connectivity index (χ0) is 13.3. The number of carboxylic acid groups (broad SMARTS) is 1. The highest BCUT2D eigenvalue weighted by Crippen LogP contribution is 2.11. The second kappa shape index (κ2) is 4.83. The molecule has 0 radical (unpaired) electrons. The number of fused-ring (bicyclic) bond motifs is 1. The van der Waals surface area contributed by atoms with Gasteiger partial charge in [-0.15, -0.1) is 0 Å². The lowest BCUT2D eigenvalue weighted by atomic mass is 10.3. The summed E-state index contributed by atoms with van der Waals surface area (Å²) in [4.78, 5) is 27.0. The maximum Gasteiger partial charge on any atom is 0.320 e. The number of aliphatic carboxylic acids is 1. The zero-order valence-corrected chi connectivity index (χ0v) is 10.7. The third-order valence-corrected chi connectivity index (χ3v) is 3.25. The minimum atomic E-state index is -0.928. The maximum absolute atomic E-state index is 11.6. The number of aromatic nitrogens is 3. The summed E-state index contributed by atoms with van der Waals surface area (Å²) in [6.07, 6.45) is 0. The maximum atomic E-state index is 11.6. The van der Waals surface area contributed by atoms with Crippen LogP contribution in [0.3, 0.4) is 0 Å². The number of carbonyl (C=O) groups is 1. The van der Waals surface area contributed by atoms with Crippen molar-refractivity contribution in [1.82, 2.24) is 19.9 Å².